The molecule has 0 aromatic carbocycles. The highest BCUT2D eigenvalue weighted by atomic mass is 19.1. The minimum atomic E-state index is -2.67. The monoisotopic (exact) mass is 864 g/mol. The molecule has 0 aliphatic heterocycles. The number of hydrogen-bond acceptors (Lipinski definition) is 24. The molecular weight excluding hydrogens is 791 g/mol. The maximum absolute atomic E-state index is 10.1. The van der Waals surface area contributed by atoms with E-state index in [-0.39, 0.29) is 0 Å². The van der Waals surface area contributed by atoms with Gasteiger partial charge >= 0.3 is 29.6 Å². The summed E-state index contributed by atoms with van der Waals surface area (Å²) in [6, 6.07) is 0. The van der Waals surface area contributed by atoms with Crippen molar-refractivity contribution in [1.29, 1.82) is 0 Å². The molecule has 0 heterocycles. The average molecular weight is 864 g/mol. The minimum Gasteiger partial charge on any atom is -0.398 e. The van der Waals surface area contributed by atoms with Crippen molar-refractivity contribution in [3.05, 3.63) is 0 Å². The van der Waals surface area contributed by atoms with Crippen LogP contribution in [0.4, 0.5) is 17.3 Å². The summed E-state index contributed by atoms with van der Waals surface area (Å²) in [5, 5.41) is 55.6. The van der Waals surface area contributed by atoms with E-state index in [9.17, 15) is 17.3 Å². The van der Waals surface area contributed by atoms with Crippen LogP contribution in [0.5, 0.6) is 0 Å². The zero-order chi connectivity index (χ0) is 47.3. The van der Waals surface area contributed by atoms with Crippen molar-refractivity contribution in [3.63, 3.8) is 0 Å². The highest BCUT2D eigenvalue weighted by Crippen LogP contribution is 1.64. The van der Waals surface area contributed by atoms with Crippen LogP contribution < -0.4 is 0 Å². The smallest absolute Gasteiger partial charge is 0.398 e. The van der Waals surface area contributed by atoms with Gasteiger partial charge in [0.25, 0.3) is 0 Å². The molecular formula is C24H72B4F4O24. The fourth-order valence-corrected chi connectivity index (χ4v) is 0.943. The molecule has 0 bridgehead atoms. The Balaban J connectivity index is -0.0000000378. The summed E-state index contributed by atoms with van der Waals surface area (Å²) < 4.78 is 112. The topological polar surface area (TPSA) is 310 Å². The Labute approximate surface area is 331 Å². The van der Waals surface area contributed by atoms with Gasteiger partial charge in [0.05, 0.1) is 0 Å². The van der Waals surface area contributed by atoms with Gasteiger partial charge in [0.15, 0.2) is 0 Å². The van der Waals surface area contributed by atoms with Crippen molar-refractivity contribution >= 4 is 29.6 Å². The van der Waals surface area contributed by atoms with Crippen molar-refractivity contribution in [3.8, 4) is 0 Å². The van der Waals surface area contributed by atoms with Crippen molar-refractivity contribution in [2.45, 2.75) is 0 Å². The first-order chi connectivity index (χ1) is 26.2. The Morgan fingerprint density at radius 2 is 0.250 bits per heavy atom. The van der Waals surface area contributed by atoms with Gasteiger partial charge in [-0.25, -0.2) is 0 Å². The van der Waals surface area contributed by atoms with Gasteiger partial charge in [0.2, 0.25) is 0 Å². The van der Waals surface area contributed by atoms with E-state index in [1.54, 1.807) is 114 Å². The Hall–Kier alpha value is -0.980. The molecule has 0 unspecified atom stereocenters. The fraction of sp³-hybridized carbons (Fsp3) is 1.00. The molecule has 56 heavy (non-hydrogen) atoms. The first-order valence-electron chi connectivity index (χ1n) is 14.1. The number of hydrogen-bond donors (Lipinski definition) is 8. The van der Waals surface area contributed by atoms with E-state index >= 15 is 0 Å². The molecule has 0 atom stereocenters. The minimum absolute atomic E-state index is 0.389. The lowest BCUT2D eigenvalue weighted by Gasteiger charge is -1.87. The van der Waals surface area contributed by atoms with Crippen LogP contribution in [0.25, 0.3) is 0 Å². The SMILES string of the molecule is COCOC.COCOC.COCOC.COCOC.COCOC.COCOC.COCOC.COCOC.OB(O)F.OB(O)F.OB(O)F.OB(O)F. The van der Waals surface area contributed by atoms with Crippen molar-refractivity contribution in [2.75, 3.05) is 168 Å². The second-order valence-electron chi connectivity index (χ2n) is 6.80. The number of halogens is 4. The molecule has 0 aromatic heterocycles. The summed E-state index contributed by atoms with van der Waals surface area (Å²) in [4.78, 5) is 0. The largest absolute Gasteiger partial charge is 0.674 e. The fourth-order valence-electron chi connectivity index (χ4n) is 0.943. The van der Waals surface area contributed by atoms with Gasteiger partial charge in [-0.05, 0) is 0 Å². The zero-order valence-corrected chi connectivity index (χ0v) is 35.6. The molecule has 0 fully saturated rings. The van der Waals surface area contributed by atoms with E-state index < -0.39 is 29.6 Å². The van der Waals surface area contributed by atoms with E-state index in [1.165, 1.54) is 0 Å². The first-order valence-corrected chi connectivity index (χ1v) is 14.1. The summed E-state index contributed by atoms with van der Waals surface area (Å²) in [5.41, 5.74) is 0. The van der Waals surface area contributed by atoms with Gasteiger partial charge in [0.1, 0.15) is 54.3 Å². The molecule has 0 radical (unpaired) electrons. The average Bonchev–Trinajstić information content (AvgIpc) is 3.09. The van der Waals surface area contributed by atoms with Gasteiger partial charge in [-0.1, -0.05) is 0 Å². The predicted octanol–water partition coefficient (Wildman–Crippen LogP) is -2.40. The molecule has 0 saturated heterocycles. The lowest BCUT2D eigenvalue weighted by molar-refractivity contribution is -0.00282. The number of methoxy groups -OCH3 is 16. The van der Waals surface area contributed by atoms with Crippen LogP contribution in [0.2, 0.25) is 0 Å². The molecule has 0 saturated carbocycles. The Morgan fingerprint density at radius 1 is 0.214 bits per heavy atom. The van der Waals surface area contributed by atoms with Gasteiger partial charge in [-0.15, -0.1) is 0 Å². The molecule has 0 rings (SSSR count). The van der Waals surface area contributed by atoms with Crippen LogP contribution in [-0.2, 0) is 75.8 Å². The van der Waals surface area contributed by atoms with Gasteiger partial charge in [0, 0.05) is 114 Å². The number of ether oxygens (including phenoxy) is 16. The summed E-state index contributed by atoms with van der Waals surface area (Å²) in [5.74, 6) is 0. The Morgan fingerprint density at radius 3 is 0.250 bits per heavy atom. The highest BCUT2D eigenvalue weighted by molar-refractivity contribution is 6.32. The molecule has 0 aliphatic carbocycles. The molecule has 352 valence electrons. The van der Waals surface area contributed by atoms with Crippen LogP contribution in [0, 0.1) is 0 Å². The van der Waals surface area contributed by atoms with Gasteiger partial charge in [-0.2, -0.15) is 0 Å². The molecule has 0 spiro atoms. The second-order valence-corrected chi connectivity index (χ2v) is 6.80. The van der Waals surface area contributed by atoms with Crippen LogP contribution >= 0.6 is 0 Å². The zero-order valence-electron chi connectivity index (χ0n) is 35.6. The van der Waals surface area contributed by atoms with Gasteiger partial charge in [-0.3, -0.25) is 17.3 Å². The molecule has 32 heteroatoms. The molecule has 24 nitrogen and oxygen atoms in total. The van der Waals surface area contributed by atoms with E-state index in [2.05, 4.69) is 75.8 Å². The van der Waals surface area contributed by atoms with E-state index in [4.69, 9.17) is 40.2 Å². The van der Waals surface area contributed by atoms with Gasteiger partial charge < -0.3 is 116 Å². The predicted molar refractivity (Wildman–Crippen MR) is 196 cm³/mol. The van der Waals surface area contributed by atoms with Crippen molar-refractivity contribution in [2.24, 2.45) is 0 Å². The lowest BCUT2D eigenvalue weighted by atomic mass is 10.3. The molecule has 8 N–H and O–H groups in total. The third kappa shape index (κ3) is 636. The summed E-state index contributed by atoms with van der Waals surface area (Å²) in [6.45, 7) is 3.11. The Bertz CT molecular complexity index is 330. The Kier molecular flexibility index (Phi) is 192. The van der Waals surface area contributed by atoms with Crippen molar-refractivity contribution in [1.82, 2.24) is 0 Å². The maximum atomic E-state index is 10.1. The molecule has 0 aliphatic rings. The van der Waals surface area contributed by atoms with Crippen LogP contribution in [0.15, 0.2) is 0 Å². The van der Waals surface area contributed by atoms with E-state index in [1.807, 2.05) is 0 Å². The maximum Gasteiger partial charge on any atom is 0.674 e. The summed E-state index contributed by atoms with van der Waals surface area (Å²) in [6.07, 6.45) is 0. The lowest BCUT2D eigenvalue weighted by Crippen LogP contribution is -1.98. The van der Waals surface area contributed by atoms with Crippen LogP contribution in [0.3, 0.4) is 0 Å². The molecule has 0 amide bonds. The first kappa shape index (κ1) is 86.8. The van der Waals surface area contributed by atoms with E-state index in [0.29, 0.717) is 54.3 Å². The standard InChI is InChI=1S/8C3H8O2.4BFH2O2/c8*1-4-3-5-2;4*2-1(3)4/h8*3H2,1-2H3;4*3-4H. The second kappa shape index (κ2) is 124. The number of rotatable bonds is 16. The summed E-state index contributed by atoms with van der Waals surface area (Å²) in [7, 11) is 14.7. The van der Waals surface area contributed by atoms with Crippen LogP contribution in [-0.4, -0.2) is 238 Å². The molecule has 0 aromatic rings. The highest BCUT2D eigenvalue weighted by Gasteiger charge is 1.98. The normalized spacial score (nSPS) is 7.93. The van der Waals surface area contributed by atoms with Crippen LogP contribution in [0.1, 0.15) is 0 Å². The quantitative estimate of drug-likeness (QED) is 0.0455. The third-order valence-electron chi connectivity index (χ3n) is 1.89. The summed E-state index contributed by atoms with van der Waals surface area (Å²) >= 11 is 0. The van der Waals surface area contributed by atoms with Crippen molar-refractivity contribution < 1.29 is 133 Å². The van der Waals surface area contributed by atoms with E-state index in [0.717, 1.165) is 0 Å². The third-order valence-corrected chi connectivity index (χ3v) is 1.89.